The first-order valence-corrected chi connectivity index (χ1v) is 7.03. The summed E-state index contributed by atoms with van der Waals surface area (Å²) < 4.78 is 5.02. The average Bonchev–Trinajstić information content (AvgIpc) is 2.79. The number of hydrogen-bond donors (Lipinski definition) is 2. The molecular weight excluding hydrogens is 240 g/mol. The fraction of sp³-hybridized carbons (Fsp3) is 0.533. The van der Waals surface area contributed by atoms with Gasteiger partial charge < -0.3 is 9.73 Å². The number of aromatic nitrogens is 1. The maximum Gasteiger partial charge on any atom is 0.417 e. The van der Waals surface area contributed by atoms with Crippen molar-refractivity contribution in [2.24, 2.45) is 5.92 Å². The van der Waals surface area contributed by atoms with Gasteiger partial charge in [-0.15, -0.1) is 0 Å². The van der Waals surface area contributed by atoms with E-state index >= 15 is 0 Å². The van der Waals surface area contributed by atoms with Gasteiger partial charge in [0.05, 0.1) is 5.52 Å². The zero-order valence-corrected chi connectivity index (χ0v) is 11.2. The topological polar surface area (TPSA) is 58.0 Å². The third-order valence-corrected chi connectivity index (χ3v) is 4.26. The van der Waals surface area contributed by atoms with Crippen molar-refractivity contribution in [1.82, 2.24) is 10.3 Å². The third kappa shape index (κ3) is 2.73. The van der Waals surface area contributed by atoms with Gasteiger partial charge in [-0.05, 0) is 62.8 Å². The third-order valence-electron chi connectivity index (χ3n) is 4.26. The van der Waals surface area contributed by atoms with Gasteiger partial charge in [-0.1, -0.05) is 6.07 Å². The van der Waals surface area contributed by atoms with Crippen molar-refractivity contribution in [3.63, 3.8) is 0 Å². The summed E-state index contributed by atoms with van der Waals surface area (Å²) in [4.78, 5) is 13.9. The second-order valence-corrected chi connectivity index (χ2v) is 5.56. The van der Waals surface area contributed by atoms with Crippen LogP contribution in [0.25, 0.3) is 11.1 Å². The first-order valence-electron chi connectivity index (χ1n) is 7.03. The van der Waals surface area contributed by atoms with Gasteiger partial charge in [-0.25, -0.2) is 4.79 Å². The van der Waals surface area contributed by atoms with Crippen LogP contribution in [-0.4, -0.2) is 18.1 Å². The Labute approximate surface area is 112 Å². The molecule has 0 saturated heterocycles. The molecule has 1 heterocycles. The summed E-state index contributed by atoms with van der Waals surface area (Å²) in [5.74, 6) is 0.391. The summed E-state index contributed by atoms with van der Waals surface area (Å²) >= 11 is 0. The zero-order chi connectivity index (χ0) is 13.2. The predicted molar refractivity (Wildman–Crippen MR) is 75.3 cm³/mol. The largest absolute Gasteiger partial charge is 0.417 e. The molecule has 0 amide bonds. The highest BCUT2D eigenvalue weighted by molar-refractivity contribution is 5.72. The highest BCUT2D eigenvalue weighted by Gasteiger charge is 2.20. The van der Waals surface area contributed by atoms with Crippen molar-refractivity contribution in [3.8, 4) is 0 Å². The van der Waals surface area contributed by atoms with Gasteiger partial charge >= 0.3 is 5.76 Å². The Morgan fingerprint density at radius 2 is 2.11 bits per heavy atom. The van der Waals surface area contributed by atoms with Crippen LogP contribution >= 0.6 is 0 Å². The van der Waals surface area contributed by atoms with E-state index in [0.29, 0.717) is 11.6 Å². The Morgan fingerprint density at radius 3 is 2.84 bits per heavy atom. The molecule has 0 unspecified atom stereocenters. The van der Waals surface area contributed by atoms with Crippen molar-refractivity contribution >= 4 is 11.1 Å². The lowest BCUT2D eigenvalue weighted by Gasteiger charge is -2.28. The number of aromatic amines is 1. The fourth-order valence-electron chi connectivity index (χ4n) is 3.11. The molecule has 1 fully saturated rings. The first-order chi connectivity index (χ1) is 9.24. The molecule has 1 saturated carbocycles. The molecule has 1 aromatic heterocycles. The quantitative estimate of drug-likeness (QED) is 0.891. The summed E-state index contributed by atoms with van der Waals surface area (Å²) in [6, 6.07) is 6.71. The number of oxazole rings is 1. The van der Waals surface area contributed by atoms with E-state index in [9.17, 15) is 4.79 Å². The van der Waals surface area contributed by atoms with Crippen LogP contribution in [-0.2, 0) is 6.42 Å². The van der Waals surface area contributed by atoms with E-state index in [1.807, 2.05) is 19.2 Å². The van der Waals surface area contributed by atoms with E-state index < -0.39 is 0 Å². The molecule has 1 aromatic carbocycles. The predicted octanol–water partition coefficient (Wildman–Crippen LogP) is 2.44. The minimum absolute atomic E-state index is 0.373. The highest BCUT2D eigenvalue weighted by Crippen LogP contribution is 2.27. The summed E-state index contributed by atoms with van der Waals surface area (Å²) in [7, 11) is 2.05. The summed E-state index contributed by atoms with van der Waals surface area (Å²) in [5.41, 5.74) is 2.75. The lowest BCUT2D eigenvalue weighted by molar-refractivity contribution is 0.300. The van der Waals surface area contributed by atoms with E-state index in [2.05, 4.69) is 16.4 Å². The second kappa shape index (κ2) is 5.21. The maximum absolute atomic E-state index is 11.1. The molecule has 0 spiro atoms. The second-order valence-electron chi connectivity index (χ2n) is 5.56. The van der Waals surface area contributed by atoms with Crippen LogP contribution in [0.4, 0.5) is 0 Å². The lowest BCUT2D eigenvalue weighted by Crippen LogP contribution is -2.30. The number of hydrogen-bond acceptors (Lipinski definition) is 3. The van der Waals surface area contributed by atoms with Crippen molar-refractivity contribution in [2.75, 3.05) is 7.05 Å². The normalized spacial score (nSPS) is 23.8. The SMILES string of the molecule is CNC1CCC(Cc2ccc3oc(=O)[nH]c3c2)CC1. The minimum Gasteiger partial charge on any atom is -0.408 e. The Bertz CT molecular complexity index is 606. The fourth-order valence-corrected chi connectivity index (χ4v) is 3.11. The van der Waals surface area contributed by atoms with E-state index in [4.69, 9.17) is 4.42 Å². The number of nitrogens with one attached hydrogen (secondary N) is 2. The summed E-state index contributed by atoms with van der Waals surface area (Å²) in [6.45, 7) is 0. The van der Waals surface area contributed by atoms with E-state index in [1.165, 1.54) is 31.2 Å². The van der Waals surface area contributed by atoms with E-state index in [1.54, 1.807) is 0 Å². The number of rotatable bonds is 3. The van der Waals surface area contributed by atoms with Crippen molar-refractivity contribution in [3.05, 3.63) is 34.3 Å². The van der Waals surface area contributed by atoms with Crippen LogP contribution in [0, 0.1) is 5.92 Å². The molecule has 4 heteroatoms. The molecule has 1 aliphatic rings. The number of benzene rings is 1. The van der Waals surface area contributed by atoms with Gasteiger partial charge in [-0.2, -0.15) is 0 Å². The van der Waals surface area contributed by atoms with Crippen molar-refractivity contribution in [2.45, 2.75) is 38.1 Å². The summed E-state index contributed by atoms with van der Waals surface area (Å²) in [6.07, 6.45) is 6.20. The van der Waals surface area contributed by atoms with Gasteiger partial charge in [0.2, 0.25) is 0 Å². The van der Waals surface area contributed by atoms with Gasteiger partial charge in [0.1, 0.15) is 0 Å². The Morgan fingerprint density at radius 1 is 1.32 bits per heavy atom. The van der Waals surface area contributed by atoms with Crippen LogP contribution in [0.3, 0.4) is 0 Å². The molecule has 0 bridgehead atoms. The first kappa shape index (κ1) is 12.5. The number of H-pyrrole nitrogens is 1. The number of fused-ring (bicyclic) bond motifs is 1. The Kier molecular flexibility index (Phi) is 3.42. The average molecular weight is 260 g/mol. The van der Waals surface area contributed by atoms with Crippen LogP contribution in [0.15, 0.2) is 27.4 Å². The van der Waals surface area contributed by atoms with Gasteiger partial charge in [0.15, 0.2) is 5.58 Å². The molecule has 0 atom stereocenters. The standard InChI is InChI=1S/C15H20N2O2/c1-16-12-5-2-10(3-6-12)8-11-4-7-14-13(9-11)17-15(18)19-14/h4,7,9-10,12,16H,2-3,5-6,8H2,1H3,(H,17,18). The highest BCUT2D eigenvalue weighted by atomic mass is 16.4. The van der Waals surface area contributed by atoms with Crippen LogP contribution in [0.5, 0.6) is 0 Å². The van der Waals surface area contributed by atoms with Crippen LogP contribution in [0.1, 0.15) is 31.2 Å². The van der Waals surface area contributed by atoms with E-state index in [-0.39, 0.29) is 5.76 Å². The van der Waals surface area contributed by atoms with Gasteiger partial charge in [-0.3, -0.25) is 4.98 Å². The van der Waals surface area contributed by atoms with Gasteiger partial charge in [0, 0.05) is 6.04 Å². The molecule has 19 heavy (non-hydrogen) atoms. The molecule has 2 N–H and O–H groups in total. The molecule has 1 aliphatic carbocycles. The molecular formula is C15H20N2O2. The minimum atomic E-state index is -0.373. The zero-order valence-electron chi connectivity index (χ0n) is 11.2. The van der Waals surface area contributed by atoms with Crippen molar-refractivity contribution < 1.29 is 4.42 Å². The molecule has 4 nitrogen and oxygen atoms in total. The molecule has 102 valence electrons. The van der Waals surface area contributed by atoms with E-state index in [0.717, 1.165) is 17.9 Å². The molecule has 2 aromatic rings. The van der Waals surface area contributed by atoms with Crippen LogP contribution in [0.2, 0.25) is 0 Å². The smallest absolute Gasteiger partial charge is 0.408 e. The van der Waals surface area contributed by atoms with Crippen molar-refractivity contribution in [1.29, 1.82) is 0 Å². The summed E-state index contributed by atoms with van der Waals surface area (Å²) in [5, 5.41) is 3.36. The van der Waals surface area contributed by atoms with Gasteiger partial charge in [0.25, 0.3) is 0 Å². The van der Waals surface area contributed by atoms with Crippen LogP contribution < -0.4 is 11.1 Å². The lowest BCUT2D eigenvalue weighted by atomic mass is 9.82. The molecule has 3 rings (SSSR count). The molecule has 0 aliphatic heterocycles. The Hall–Kier alpha value is -1.55. The monoisotopic (exact) mass is 260 g/mol. The maximum atomic E-state index is 11.1. The Balaban J connectivity index is 1.69. The molecule has 0 radical (unpaired) electrons.